The van der Waals surface area contributed by atoms with Crippen LogP contribution in [0.2, 0.25) is 0 Å². The molecule has 0 amide bonds. The Bertz CT molecular complexity index is 172. The highest BCUT2D eigenvalue weighted by Crippen LogP contribution is 2.16. The first-order chi connectivity index (χ1) is 7.07. The second kappa shape index (κ2) is 5.83. The van der Waals surface area contributed by atoms with Crippen molar-refractivity contribution in [2.24, 2.45) is 5.41 Å². The minimum Gasteiger partial charge on any atom is -0.319 e. The summed E-state index contributed by atoms with van der Waals surface area (Å²) in [5.41, 5.74) is 0.392. The lowest BCUT2D eigenvalue weighted by Crippen LogP contribution is -2.50. The number of piperazine rings is 1. The Labute approximate surface area is 94.8 Å². The Kier molecular flexibility index (Phi) is 5.03. The molecule has 1 saturated heterocycles. The van der Waals surface area contributed by atoms with Crippen LogP contribution in [0.5, 0.6) is 0 Å². The monoisotopic (exact) mass is 213 g/mol. The van der Waals surface area contributed by atoms with E-state index < -0.39 is 0 Å². The van der Waals surface area contributed by atoms with E-state index in [1.54, 1.807) is 0 Å². The van der Waals surface area contributed by atoms with Crippen LogP contribution in [-0.4, -0.2) is 62.7 Å². The zero-order valence-electron chi connectivity index (χ0n) is 10.8. The van der Waals surface area contributed by atoms with Crippen molar-refractivity contribution in [3.63, 3.8) is 0 Å². The minimum absolute atomic E-state index is 0.392. The van der Waals surface area contributed by atoms with Crippen molar-refractivity contribution in [1.29, 1.82) is 0 Å². The molecule has 0 aromatic carbocycles. The van der Waals surface area contributed by atoms with Gasteiger partial charge in [0.1, 0.15) is 0 Å². The van der Waals surface area contributed by atoms with Gasteiger partial charge in [-0.15, -0.1) is 0 Å². The Morgan fingerprint density at radius 1 is 1.07 bits per heavy atom. The van der Waals surface area contributed by atoms with Gasteiger partial charge < -0.3 is 15.1 Å². The van der Waals surface area contributed by atoms with Gasteiger partial charge in [-0.3, -0.25) is 0 Å². The highest BCUT2D eigenvalue weighted by Gasteiger charge is 2.23. The number of hydrogen-bond donors (Lipinski definition) is 1. The molecule has 0 saturated carbocycles. The van der Waals surface area contributed by atoms with Crippen LogP contribution in [0, 0.1) is 5.41 Å². The van der Waals surface area contributed by atoms with E-state index in [2.05, 4.69) is 35.9 Å². The average Bonchev–Trinajstić information content (AvgIpc) is 2.18. The zero-order valence-corrected chi connectivity index (χ0v) is 10.8. The molecular weight excluding hydrogens is 186 g/mol. The SMILES string of the molecule is CCN1CCN(CC(C)(C)CNC)CC1. The highest BCUT2D eigenvalue weighted by atomic mass is 15.3. The number of hydrogen-bond acceptors (Lipinski definition) is 3. The number of likely N-dealkylation sites (N-methyl/N-ethyl adjacent to an activating group) is 1. The third-order valence-corrected chi connectivity index (χ3v) is 3.22. The number of rotatable bonds is 5. The normalized spacial score (nSPS) is 20.8. The summed E-state index contributed by atoms with van der Waals surface area (Å²) in [6.07, 6.45) is 0. The molecule has 0 aromatic heterocycles. The molecule has 15 heavy (non-hydrogen) atoms. The van der Waals surface area contributed by atoms with Gasteiger partial charge in [-0.2, -0.15) is 0 Å². The summed E-state index contributed by atoms with van der Waals surface area (Å²) < 4.78 is 0. The lowest BCUT2D eigenvalue weighted by atomic mass is 9.92. The molecule has 1 heterocycles. The molecule has 1 aliphatic heterocycles. The summed E-state index contributed by atoms with van der Waals surface area (Å²) in [6, 6.07) is 0. The van der Waals surface area contributed by atoms with E-state index in [4.69, 9.17) is 0 Å². The van der Waals surface area contributed by atoms with Crippen molar-refractivity contribution >= 4 is 0 Å². The summed E-state index contributed by atoms with van der Waals surface area (Å²) in [4.78, 5) is 5.13. The molecule has 0 unspecified atom stereocenters. The summed E-state index contributed by atoms with van der Waals surface area (Å²) in [6.45, 7) is 15.4. The molecule has 0 bridgehead atoms. The average molecular weight is 213 g/mol. The Morgan fingerprint density at radius 2 is 1.60 bits per heavy atom. The second-order valence-corrected chi connectivity index (χ2v) is 5.40. The van der Waals surface area contributed by atoms with Crippen LogP contribution in [0.25, 0.3) is 0 Å². The molecule has 0 radical (unpaired) electrons. The van der Waals surface area contributed by atoms with Crippen LogP contribution in [0.3, 0.4) is 0 Å². The number of nitrogens with one attached hydrogen (secondary N) is 1. The molecule has 1 rings (SSSR count). The Morgan fingerprint density at radius 3 is 2.07 bits per heavy atom. The maximum atomic E-state index is 3.28. The van der Waals surface area contributed by atoms with Gasteiger partial charge >= 0.3 is 0 Å². The lowest BCUT2D eigenvalue weighted by molar-refractivity contribution is 0.100. The third-order valence-electron chi connectivity index (χ3n) is 3.22. The molecule has 3 nitrogen and oxygen atoms in total. The van der Waals surface area contributed by atoms with Gasteiger partial charge in [-0.25, -0.2) is 0 Å². The van der Waals surface area contributed by atoms with Crippen molar-refractivity contribution in [2.75, 3.05) is 52.9 Å². The van der Waals surface area contributed by atoms with Crippen LogP contribution < -0.4 is 5.32 Å². The molecule has 0 spiro atoms. The van der Waals surface area contributed by atoms with Crippen LogP contribution in [0.15, 0.2) is 0 Å². The standard InChI is InChI=1S/C12H27N3/c1-5-14-6-8-15(9-7-14)11-12(2,3)10-13-4/h13H,5-11H2,1-4H3. The van der Waals surface area contributed by atoms with Crippen LogP contribution in [0.1, 0.15) is 20.8 Å². The predicted octanol–water partition coefficient (Wildman–Crippen LogP) is 0.869. The number of nitrogens with zero attached hydrogens (tertiary/aromatic N) is 2. The van der Waals surface area contributed by atoms with E-state index >= 15 is 0 Å². The van der Waals surface area contributed by atoms with Crippen LogP contribution in [0.4, 0.5) is 0 Å². The zero-order chi connectivity index (χ0) is 11.3. The Balaban J connectivity index is 2.28. The van der Waals surface area contributed by atoms with Crippen molar-refractivity contribution < 1.29 is 0 Å². The fourth-order valence-electron chi connectivity index (χ4n) is 2.40. The predicted molar refractivity (Wildman–Crippen MR) is 66.3 cm³/mol. The van der Waals surface area contributed by atoms with Gasteiger partial charge in [-0.05, 0) is 19.0 Å². The summed E-state index contributed by atoms with van der Waals surface area (Å²) in [5, 5.41) is 3.28. The van der Waals surface area contributed by atoms with Gasteiger partial charge in [0, 0.05) is 39.3 Å². The van der Waals surface area contributed by atoms with Gasteiger partial charge in [0.25, 0.3) is 0 Å². The van der Waals surface area contributed by atoms with E-state index in [1.165, 1.54) is 39.3 Å². The van der Waals surface area contributed by atoms with Crippen LogP contribution in [-0.2, 0) is 0 Å². The highest BCUT2D eigenvalue weighted by molar-refractivity contribution is 4.79. The minimum atomic E-state index is 0.392. The smallest absolute Gasteiger partial charge is 0.0110 e. The first-order valence-electron chi connectivity index (χ1n) is 6.17. The summed E-state index contributed by atoms with van der Waals surface area (Å²) in [7, 11) is 2.04. The van der Waals surface area contributed by atoms with E-state index in [0.29, 0.717) is 5.41 Å². The van der Waals surface area contributed by atoms with E-state index in [-0.39, 0.29) is 0 Å². The Hall–Kier alpha value is -0.120. The topological polar surface area (TPSA) is 18.5 Å². The van der Waals surface area contributed by atoms with Crippen molar-refractivity contribution in [1.82, 2.24) is 15.1 Å². The fourth-order valence-corrected chi connectivity index (χ4v) is 2.40. The third kappa shape index (κ3) is 4.49. The molecule has 1 aliphatic rings. The van der Waals surface area contributed by atoms with Gasteiger partial charge in [0.2, 0.25) is 0 Å². The molecule has 1 N–H and O–H groups in total. The molecule has 0 aliphatic carbocycles. The molecular formula is C12H27N3. The quantitative estimate of drug-likeness (QED) is 0.731. The largest absolute Gasteiger partial charge is 0.319 e. The lowest BCUT2D eigenvalue weighted by Gasteiger charge is -2.38. The molecule has 0 aromatic rings. The first kappa shape index (κ1) is 12.9. The maximum absolute atomic E-state index is 3.28. The van der Waals surface area contributed by atoms with E-state index in [9.17, 15) is 0 Å². The first-order valence-corrected chi connectivity index (χ1v) is 6.17. The van der Waals surface area contributed by atoms with Gasteiger partial charge in [0.15, 0.2) is 0 Å². The van der Waals surface area contributed by atoms with Crippen molar-refractivity contribution in [2.45, 2.75) is 20.8 Å². The van der Waals surface area contributed by atoms with Crippen molar-refractivity contribution in [3.05, 3.63) is 0 Å². The molecule has 90 valence electrons. The second-order valence-electron chi connectivity index (χ2n) is 5.40. The van der Waals surface area contributed by atoms with E-state index in [0.717, 1.165) is 6.54 Å². The summed E-state index contributed by atoms with van der Waals surface area (Å²) >= 11 is 0. The fraction of sp³-hybridized carbons (Fsp3) is 1.00. The molecule has 1 fully saturated rings. The van der Waals surface area contributed by atoms with Gasteiger partial charge in [0.05, 0.1) is 0 Å². The molecule has 3 heteroatoms. The molecule has 0 atom stereocenters. The summed E-state index contributed by atoms with van der Waals surface area (Å²) in [5.74, 6) is 0. The van der Waals surface area contributed by atoms with Crippen molar-refractivity contribution in [3.8, 4) is 0 Å². The van der Waals surface area contributed by atoms with E-state index in [1.807, 2.05) is 7.05 Å². The van der Waals surface area contributed by atoms with Crippen LogP contribution >= 0.6 is 0 Å². The van der Waals surface area contributed by atoms with Gasteiger partial charge in [-0.1, -0.05) is 20.8 Å². The maximum Gasteiger partial charge on any atom is 0.0110 e.